The minimum atomic E-state index is -0.857. The van der Waals surface area contributed by atoms with Crippen molar-refractivity contribution in [3.8, 4) is 34.5 Å². The van der Waals surface area contributed by atoms with Crippen molar-refractivity contribution in [2.75, 3.05) is 21.3 Å². The molecular weight excluding hydrogens is 805 g/mol. The van der Waals surface area contributed by atoms with Crippen molar-refractivity contribution in [2.24, 2.45) is 30.7 Å². The fourth-order valence-corrected chi connectivity index (χ4v) is 5.51. The lowest BCUT2D eigenvalue weighted by molar-refractivity contribution is 0.0734. The Hall–Kier alpha value is -8.85. The molecule has 0 radical (unpaired) electrons. The van der Waals surface area contributed by atoms with Crippen LogP contribution in [0.2, 0.25) is 0 Å². The van der Waals surface area contributed by atoms with Crippen molar-refractivity contribution < 1.29 is 42.8 Å². The minimum Gasteiger partial charge on any atom is -0.497 e. The average molecular weight is 841 g/mol. The molecule has 0 heterocycles. The molecule has 63 heavy (non-hydrogen) atoms. The van der Waals surface area contributed by atoms with E-state index in [1.807, 2.05) is 0 Å². The van der Waals surface area contributed by atoms with E-state index in [4.69, 9.17) is 28.4 Å². The van der Waals surface area contributed by atoms with Crippen molar-refractivity contribution in [1.82, 2.24) is 0 Å². The van der Waals surface area contributed by atoms with E-state index < -0.39 is 17.9 Å². The Balaban J connectivity index is 1.07. The number of hydrogen-bond donors (Lipinski definition) is 0. The summed E-state index contributed by atoms with van der Waals surface area (Å²) >= 11 is 0. The van der Waals surface area contributed by atoms with Crippen LogP contribution in [0.4, 0.5) is 34.1 Å². The van der Waals surface area contributed by atoms with Crippen LogP contribution in [0.1, 0.15) is 31.1 Å². The summed E-state index contributed by atoms with van der Waals surface area (Å²) in [4.78, 5) is 40.7. The molecule has 0 aliphatic heterocycles. The first kappa shape index (κ1) is 42.3. The predicted molar refractivity (Wildman–Crippen MR) is 232 cm³/mol. The monoisotopic (exact) mass is 840 g/mol. The number of carbonyl (C=O) groups is 3. The molecule has 7 aromatic rings. The van der Waals surface area contributed by atoms with Crippen molar-refractivity contribution >= 4 is 52.0 Å². The lowest BCUT2D eigenvalue weighted by Gasteiger charge is -2.11. The Morgan fingerprint density at radius 3 is 0.635 bits per heavy atom. The Bertz CT molecular complexity index is 2460. The van der Waals surface area contributed by atoms with Crippen LogP contribution in [0.25, 0.3) is 0 Å². The van der Waals surface area contributed by atoms with E-state index >= 15 is 0 Å². The summed E-state index contributed by atoms with van der Waals surface area (Å²) in [6.07, 6.45) is 0. The highest BCUT2D eigenvalue weighted by Gasteiger charge is 2.21. The second-order valence-corrected chi connectivity index (χ2v) is 13.1. The summed E-state index contributed by atoms with van der Waals surface area (Å²) in [5.41, 5.74) is 2.99. The third kappa shape index (κ3) is 11.9. The molecule has 15 heteroatoms. The standard InChI is InChI=1S/C48H36N6O9/c1-58-40-16-4-34(5-17-40)49-52-37-10-22-43(23-11-37)61-46(55)31-28-32(47(56)62-44-24-12-38(13-25-44)53-50-35-6-18-41(59-2)19-7-35)30-33(29-31)48(57)63-45-26-14-39(15-27-45)54-51-36-8-20-42(60-3)21-9-36/h4-30H,1-3H3/b52-49+,53-50+,54-51+. The van der Waals surface area contributed by atoms with Crippen LogP contribution in [0, 0.1) is 0 Å². The highest BCUT2D eigenvalue weighted by molar-refractivity contribution is 6.02. The Morgan fingerprint density at radius 1 is 0.286 bits per heavy atom. The molecule has 0 atom stereocenters. The van der Waals surface area contributed by atoms with Gasteiger partial charge < -0.3 is 28.4 Å². The van der Waals surface area contributed by atoms with Gasteiger partial charge >= 0.3 is 17.9 Å². The lowest BCUT2D eigenvalue weighted by atomic mass is 10.1. The number of rotatable bonds is 15. The molecule has 0 saturated heterocycles. The fourth-order valence-electron chi connectivity index (χ4n) is 5.51. The minimum absolute atomic E-state index is 0.122. The first-order valence-corrected chi connectivity index (χ1v) is 19.0. The van der Waals surface area contributed by atoms with E-state index in [0.717, 1.165) is 0 Å². The van der Waals surface area contributed by atoms with Crippen LogP contribution in [0.3, 0.4) is 0 Å². The Kier molecular flexibility index (Phi) is 13.7. The summed E-state index contributed by atoms with van der Waals surface area (Å²) in [5.74, 6) is 0.0341. The maximum Gasteiger partial charge on any atom is 0.343 e. The molecule has 0 bridgehead atoms. The highest BCUT2D eigenvalue weighted by Crippen LogP contribution is 2.28. The number of nitrogens with zero attached hydrogens (tertiary/aromatic N) is 6. The second-order valence-electron chi connectivity index (χ2n) is 13.1. The molecule has 0 aliphatic rings. The van der Waals surface area contributed by atoms with Gasteiger partial charge in [-0.2, -0.15) is 30.7 Å². The second kappa shape index (κ2) is 20.4. The van der Waals surface area contributed by atoms with Crippen LogP contribution < -0.4 is 28.4 Å². The van der Waals surface area contributed by atoms with Crippen molar-refractivity contribution in [3.63, 3.8) is 0 Å². The van der Waals surface area contributed by atoms with Gasteiger partial charge in [-0.1, -0.05) is 0 Å². The first-order chi connectivity index (χ1) is 30.7. The summed E-state index contributed by atoms with van der Waals surface area (Å²) < 4.78 is 32.4. The van der Waals surface area contributed by atoms with Gasteiger partial charge in [0.05, 0.1) is 72.1 Å². The molecule has 0 spiro atoms. The summed E-state index contributed by atoms with van der Waals surface area (Å²) in [7, 11) is 4.73. The topological polar surface area (TPSA) is 181 Å². The molecule has 0 amide bonds. The average Bonchev–Trinajstić information content (AvgIpc) is 3.33. The van der Waals surface area contributed by atoms with Crippen LogP contribution in [0.15, 0.2) is 194 Å². The van der Waals surface area contributed by atoms with Crippen molar-refractivity contribution in [3.05, 3.63) is 180 Å². The van der Waals surface area contributed by atoms with E-state index in [1.54, 1.807) is 131 Å². The van der Waals surface area contributed by atoms with Crippen LogP contribution in [0.5, 0.6) is 34.5 Å². The molecule has 312 valence electrons. The zero-order valence-corrected chi connectivity index (χ0v) is 33.9. The van der Waals surface area contributed by atoms with Crippen LogP contribution in [-0.4, -0.2) is 39.2 Å². The predicted octanol–water partition coefficient (Wildman–Crippen LogP) is 12.6. The van der Waals surface area contributed by atoms with Crippen molar-refractivity contribution in [1.29, 1.82) is 0 Å². The lowest BCUT2D eigenvalue weighted by Crippen LogP contribution is -2.16. The molecule has 0 saturated carbocycles. The molecular formula is C48H36N6O9. The van der Waals surface area contributed by atoms with Gasteiger partial charge in [0.15, 0.2) is 0 Å². The number of esters is 3. The summed E-state index contributed by atoms with van der Waals surface area (Å²) in [6.45, 7) is 0. The number of benzene rings is 7. The fraction of sp³-hybridized carbons (Fsp3) is 0.0625. The Labute approximate surface area is 360 Å². The molecule has 0 aliphatic carbocycles. The Morgan fingerprint density at radius 2 is 0.460 bits per heavy atom. The van der Waals surface area contributed by atoms with Gasteiger partial charge in [-0.15, -0.1) is 0 Å². The normalized spacial score (nSPS) is 11.1. The SMILES string of the molecule is COc1ccc(/N=N/c2ccc(OC(=O)c3cc(C(=O)Oc4ccc(/N=N/c5ccc(OC)cc5)cc4)cc(C(=O)Oc4ccc(/N=N/c5ccc(OC)cc5)cc4)c3)cc2)cc1. The molecule has 0 N–H and O–H groups in total. The van der Waals surface area contributed by atoms with Gasteiger partial charge in [0.25, 0.3) is 0 Å². The smallest absolute Gasteiger partial charge is 0.343 e. The molecule has 0 unspecified atom stereocenters. The first-order valence-electron chi connectivity index (χ1n) is 19.0. The van der Waals surface area contributed by atoms with Gasteiger partial charge in [0, 0.05) is 0 Å². The van der Waals surface area contributed by atoms with Gasteiger partial charge in [-0.05, 0) is 164 Å². The number of hydrogen-bond acceptors (Lipinski definition) is 15. The third-order valence-electron chi connectivity index (χ3n) is 8.84. The van der Waals surface area contributed by atoms with E-state index in [-0.39, 0.29) is 33.9 Å². The maximum atomic E-state index is 13.6. The molecule has 0 fully saturated rings. The van der Waals surface area contributed by atoms with Gasteiger partial charge in [-0.3, -0.25) is 0 Å². The largest absolute Gasteiger partial charge is 0.497 e. The van der Waals surface area contributed by atoms with Gasteiger partial charge in [-0.25, -0.2) is 14.4 Å². The van der Waals surface area contributed by atoms with Gasteiger partial charge in [0.2, 0.25) is 0 Å². The number of azo groups is 3. The number of carbonyl (C=O) groups excluding carboxylic acids is 3. The molecule has 15 nitrogen and oxygen atoms in total. The van der Waals surface area contributed by atoms with Crippen molar-refractivity contribution in [2.45, 2.75) is 0 Å². The third-order valence-corrected chi connectivity index (χ3v) is 8.84. The zero-order valence-electron chi connectivity index (χ0n) is 33.9. The van der Waals surface area contributed by atoms with Gasteiger partial charge in [0.1, 0.15) is 34.5 Å². The number of methoxy groups -OCH3 is 3. The van der Waals surface area contributed by atoms with E-state index in [1.165, 1.54) is 54.6 Å². The van der Waals surface area contributed by atoms with E-state index in [0.29, 0.717) is 51.4 Å². The van der Waals surface area contributed by atoms with E-state index in [9.17, 15) is 14.4 Å². The van der Waals surface area contributed by atoms with E-state index in [2.05, 4.69) is 30.7 Å². The molecule has 7 rings (SSSR count). The van der Waals surface area contributed by atoms with Crippen LogP contribution in [-0.2, 0) is 0 Å². The maximum absolute atomic E-state index is 13.6. The quantitative estimate of drug-likeness (QED) is 0.0551. The summed E-state index contributed by atoms with van der Waals surface area (Å²) in [6, 6.07) is 43.9. The molecule has 7 aromatic carbocycles. The highest BCUT2D eigenvalue weighted by atomic mass is 16.5. The summed E-state index contributed by atoms with van der Waals surface area (Å²) in [5, 5.41) is 25.3. The number of ether oxygens (including phenoxy) is 6. The zero-order chi connectivity index (χ0) is 44.0. The van der Waals surface area contributed by atoms with Crippen LogP contribution >= 0.6 is 0 Å². The molecule has 0 aromatic heterocycles.